The van der Waals surface area contributed by atoms with Crippen molar-refractivity contribution in [2.75, 3.05) is 26.3 Å². The van der Waals surface area contributed by atoms with Gasteiger partial charge in [-0.25, -0.2) is 4.39 Å². The average molecular weight is 451 g/mol. The lowest BCUT2D eigenvalue weighted by Crippen LogP contribution is -2.33. The molecule has 0 unspecified atom stereocenters. The minimum Gasteiger partial charge on any atom is -0.380 e. The summed E-state index contributed by atoms with van der Waals surface area (Å²) in [5, 5.41) is 4.51. The van der Waals surface area contributed by atoms with Crippen LogP contribution in [0, 0.1) is 12.7 Å². The maximum Gasteiger partial charge on any atom is 0.408 e. The summed E-state index contributed by atoms with van der Waals surface area (Å²) >= 11 is 0. The van der Waals surface area contributed by atoms with Crippen LogP contribution < -0.4 is 0 Å². The fourth-order valence-corrected chi connectivity index (χ4v) is 3.65. The van der Waals surface area contributed by atoms with Crippen LogP contribution >= 0.6 is 0 Å². The van der Waals surface area contributed by atoms with E-state index < -0.39 is 18.5 Å². The quantitative estimate of drug-likeness (QED) is 0.570. The molecule has 0 aliphatic carbocycles. The van der Waals surface area contributed by atoms with Crippen molar-refractivity contribution in [2.24, 2.45) is 0 Å². The highest BCUT2D eigenvalue weighted by molar-refractivity contribution is 5.96. The predicted molar refractivity (Wildman–Crippen MR) is 107 cm³/mol. The number of hydrogen-bond donors (Lipinski definition) is 0. The first-order chi connectivity index (χ1) is 15.2. The maximum atomic E-state index is 13.5. The first-order valence-electron chi connectivity index (χ1n) is 10.1. The van der Waals surface area contributed by atoms with Crippen molar-refractivity contribution in [1.29, 1.82) is 0 Å². The summed E-state index contributed by atoms with van der Waals surface area (Å²) < 4.78 is 59.2. The Labute approximate surface area is 181 Å². The zero-order valence-electron chi connectivity index (χ0n) is 17.3. The molecule has 1 aliphatic rings. The molecular formula is C21H21F4N5O2. The first kappa shape index (κ1) is 22.1. The molecule has 32 heavy (non-hydrogen) atoms. The minimum absolute atomic E-state index is 0.0463. The number of halogens is 4. The van der Waals surface area contributed by atoms with E-state index in [0.29, 0.717) is 49.5 Å². The van der Waals surface area contributed by atoms with E-state index in [1.807, 2.05) is 0 Å². The highest BCUT2D eigenvalue weighted by Crippen LogP contribution is 2.26. The van der Waals surface area contributed by atoms with Gasteiger partial charge in [0.05, 0.1) is 23.5 Å². The zero-order chi connectivity index (χ0) is 22.9. The molecule has 0 atom stereocenters. The number of amides is 1. The summed E-state index contributed by atoms with van der Waals surface area (Å²) in [7, 11) is 0. The fraction of sp³-hybridized carbons (Fsp3) is 0.429. The summed E-state index contributed by atoms with van der Waals surface area (Å²) in [6.45, 7) is 2.02. The molecule has 0 N–H and O–H groups in total. The molecule has 3 aromatic rings. The number of alkyl halides is 3. The molecule has 1 fully saturated rings. The van der Waals surface area contributed by atoms with Gasteiger partial charge in [-0.05, 0) is 31.5 Å². The van der Waals surface area contributed by atoms with Crippen molar-refractivity contribution in [3.63, 3.8) is 0 Å². The Morgan fingerprint density at radius 3 is 2.78 bits per heavy atom. The summed E-state index contributed by atoms with van der Waals surface area (Å²) in [5.41, 5.74) is 1.17. The van der Waals surface area contributed by atoms with Crippen LogP contribution in [0.4, 0.5) is 17.6 Å². The van der Waals surface area contributed by atoms with Gasteiger partial charge < -0.3 is 9.64 Å². The van der Waals surface area contributed by atoms with E-state index in [0.717, 1.165) is 4.68 Å². The molecule has 1 aliphatic heterocycles. The average Bonchev–Trinajstić information content (AvgIpc) is 2.91. The van der Waals surface area contributed by atoms with Gasteiger partial charge in [-0.15, -0.1) is 0 Å². The minimum atomic E-state index is -4.50. The highest BCUT2D eigenvalue weighted by Gasteiger charge is 2.30. The summed E-state index contributed by atoms with van der Waals surface area (Å²) in [5.74, 6) is -0.834. The van der Waals surface area contributed by atoms with E-state index in [4.69, 9.17) is 4.74 Å². The number of carbonyl (C=O) groups is 1. The lowest BCUT2D eigenvalue weighted by Gasteiger charge is -2.19. The first-order valence-corrected chi connectivity index (χ1v) is 10.1. The third-order valence-electron chi connectivity index (χ3n) is 5.20. The number of aryl methyl sites for hydroxylation is 1. The number of nitrogens with zero attached hydrogens (tertiary/aromatic N) is 5. The smallest absolute Gasteiger partial charge is 0.380 e. The Kier molecular flexibility index (Phi) is 6.09. The number of aromatic nitrogens is 4. The molecule has 4 heterocycles. The van der Waals surface area contributed by atoms with Gasteiger partial charge in [0.2, 0.25) is 0 Å². The molecule has 0 saturated carbocycles. The topological polar surface area (TPSA) is 73.1 Å². The van der Waals surface area contributed by atoms with E-state index in [1.165, 1.54) is 31.3 Å². The second kappa shape index (κ2) is 8.81. The van der Waals surface area contributed by atoms with Crippen molar-refractivity contribution in [2.45, 2.75) is 32.5 Å². The third kappa shape index (κ3) is 4.87. The van der Waals surface area contributed by atoms with Crippen LogP contribution in [-0.4, -0.2) is 63.0 Å². The number of rotatable bonds is 4. The van der Waals surface area contributed by atoms with E-state index in [2.05, 4.69) is 15.1 Å². The van der Waals surface area contributed by atoms with Crippen LogP contribution in [0.15, 0.2) is 24.4 Å². The number of fused-ring (bicyclic) bond motifs is 1. The largest absolute Gasteiger partial charge is 0.408 e. The van der Waals surface area contributed by atoms with Crippen LogP contribution in [0.1, 0.15) is 34.0 Å². The van der Waals surface area contributed by atoms with Gasteiger partial charge in [-0.1, -0.05) is 0 Å². The van der Waals surface area contributed by atoms with Crippen LogP contribution in [0.25, 0.3) is 10.9 Å². The van der Waals surface area contributed by atoms with Crippen LogP contribution in [-0.2, 0) is 17.7 Å². The molecule has 7 nitrogen and oxygen atoms in total. The summed E-state index contributed by atoms with van der Waals surface area (Å²) in [4.78, 5) is 22.8. The molecule has 3 aromatic heterocycles. The fourth-order valence-electron chi connectivity index (χ4n) is 3.65. The molecule has 170 valence electrons. The zero-order valence-corrected chi connectivity index (χ0v) is 17.3. The lowest BCUT2D eigenvalue weighted by atomic mass is 10.1. The van der Waals surface area contributed by atoms with E-state index in [1.54, 1.807) is 4.90 Å². The van der Waals surface area contributed by atoms with Crippen molar-refractivity contribution >= 4 is 16.8 Å². The Bertz CT molecular complexity index is 1140. The van der Waals surface area contributed by atoms with Gasteiger partial charge in [0.25, 0.3) is 5.91 Å². The van der Waals surface area contributed by atoms with Gasteiger partial charge >= 0.3 is 6.18 Å². The molecule has 1 saturated heterocycles. The van der Waals surface area contributed by atoms with Crippen molar-refractivity contribution in [1.82, 2.24) is 24.6 Å². The molecule has 1 amide bonds. The van der Waals surface area contributed by atoms with E-state index >= 15 is 0 Å². The second-order valence-electron chi connectivity index (χ2n) is 7.61. The van der Waals surface area contributed by atoms with Gasteiger partial charge in [-0.3, -0.25) is 19.4 Å². The van der Waals surface area contributed by atoms with Crippen molar-refractivity contribution in [3.05, 3.63) is 53.0 Å². The van der Waals surface area contributed by atoms with Gasteiger partial charge in [0.1, 0.15) is 18.1 Å². The van der Waals surface area contributed by atoms with E-state index in [9.17, 15) is 22.4 Å². The number of hydrogen-bond acceptors (Lipinski definition) is 5. The molecule has 0 radical (unpaired) electrons. The molecule has 11 heteroatoms. The summed E-state index contributed by atoms with van der Waals surface area (Å²) in [6, 6.07) is 4.06. The molecule has 0 aromatic carbocycles. The maximum absolute atomic E-state index is 13.5. The standard InChI is InChI=1S/C21H21F4N5O2/c1-13-16(22)4-3-14(27-13)9-17-15-11-26-18(20(31)29-5-2-7-32-8-6-29)10-19(15)30(28-17)12-21(23,24)25/h3-4,10-11H,2,5-9,12H2,1H3. The number of carbonyl (C=O) groups excluding carboxylic acids is 1. The molecule has 0 spiro atoms. The Hall–Kier alpha value is -3.08. The van der Waals surface area contributed by atoms with Gasteiger partial charge in [0.15, 0.2) is 0 Å². The normalized spacial score (nSPS) is 15.2. The Balaban J connectivity index is 1.72. The van der Waals surface area contributed by atoms with E-state index in [-0.39, 0.29) is 29.2 Å². The van der Waals surface area contributed by atoms with Gasteiger partial charge in [-0.2, -0.15) is 18.3 Å². The molecule has 4 rings (SSSR count). The lowest BCUT2D eigenvalue weighted by molar-refractivity contribution is -0.141. The van der Waals surface area contributed by atoms with Crippen LogP contribution in [0.3, 0.4) is 0 Å². The Morgan fingerprint density at radius 2 is 2.03 bits per heavy atom. The predicted octanol–water partition coefficient (Wildman–Crippen LogP) is 3.29. The SMILES string of the molecule is Cc1nc(Cc2nn(CC(F)(F)F)c3cc(C(=O)N4CCCOCC4)ncc23)ccc1F. The van der Waals surface area contributed by atoms with Crippen molar-refractivity contribution < 1.29 is 27.1 Å². The van der Waals surface area contributed by atoms with Crippen LogP contribution in [0.2, 0.25) is 0 Å². The van der Waals surface area contributed by atoms with Crippen LogP contribution in [0.5, 0.6) is 0 Å². The number of ether oxygens (including phenoxy) is 1. The highest BCUT2D eigenvalue weighted by atomic mass is 19.4. The number of pyridine rings is 2. The second-order valence-corrected chi connectivity index (χ2v) is 7.61. The molecule has 0 bridgehead atoms. The Morgan fingerprint density at radius 1 is 1.22 bits per heavy atom. The third-order valence-corrected chi connectivity index (χ3v) is 5.20. The van der Waals surface area contributed by atoms with Crippen molar-refractivity contribution in [3.8, 4) is 0 Å². The monoisotopic (exact) mass is 451 g/mol. The molecular weight excluding hydrogens is 430 g/mol. The summed E-state index contributed by atoms with van der Waals surface area (Å²) in [6.07, 6.45) is -2.37. The van der Waals surface area contributed by atoms with Gasteiger partial charge in [0, 0.05) is 43.4 Å².